The zero-order valence-electron chi connectivity index (χ0n) is 11.9. The van der Waals surface area contributed by atoms with Gasteiger partial charge >= 0.3 is 0 Å². The zero-order chi connectivity index (χ0) is 13.0. The van der Waals surface area contributed by atoms with Crippen LogP contribution in [0.5, 0.6) is 0 Å². The Balaban J connectivity index is 2.23. The predicted molar refractivity (Wildman–Crippen MR) is 75.8 cm³/mol. The average molecular weight is 247 g/mol. The summed E-state index contributed by atoms with van der Waals surface area (Å²) in [7, 11) is 2.05. The number of allylic oxidation sites excluding steroid dienone is 1. The fourth-order valence-electron chi connectivity index (χ4n) is 2.96. The first-order valence-corrected chi connectivity index (χ1v) is 7.15. The van der Waals surface area contributed by atoms with Gasteiger partial charge in [-0.25, -0.2) is 0 Å². The minimum Gasteiger partial charge on any atom is -0.466 e. The number of nitrogens with one attached hydrogen (secondary N) is 1. The van der Waals surface area contributed by atoms with Crippen molar-refractivity contribution in [3.8, 4) is 0 Å². The highest BCUT2D eigenvalue weighted by molar-refractivity contribution is 5.32. The SMILES string of the molecule is CNC(/C1=C/CCCCCC1)c1cc(C)oc1C. The van der Waals surface area contributed by atoms with Gasteiger partial charge in [-0.1, -0.05) is 24.5 Å². The predicted octanol–water partition coefficient (Wildman–Crippen LogP) is 4.44. The van der Waals surface area contributed by atoms with Crippen LogP contribution in [0.15, 0.2) is 22.1 Å². The summed E-state index contributed by atoms with van der Waals surface area (Å²) in [6, 6.07) is 2.51. The second-order valence-corrected chi connectivity index (χ2v) is 5.32. The molecule has 0 saturated carbocycles. The molecule has 1 aromatic rings. The highest BCUT2D eigenvalue weighted by Crippen LogP contribution is 2.31. The Morgan fingerprint density at radius 2 is 1.94 bits per heavy atom. The lowest BCUT2D eigenvalue weighted by molar-refractivity contribution is 0.493. The Kier molecular flexibility index (Phi) is 4.65. The zero-order valence-corrected chi connectivity index (χ0v) is 11.9. The first-order chi connectivity index (χ1) is 8.72. The molecule has 1 heterocycles. The normalized spacial score (nSPS) is 21.8. The number of aryl methyl sites for hydroxylation is 2. The summed E-state index contributed by atoms with van der Waals surface area (Å²) >= 11 is 0. The monoisotopic (exact) mass is 247 g/mol. The second kappa shape index (κ2) is 6.24. The van der Waals surface area contributed by atoms with Crippen LogP contribution >= 0.6 is 0 Å². The molecule has 0 radical (unpaired) electrons. The topological polar surface area (TPSA) is 25.2 Å². The summed E-state index contributed by atoms with van der Waals surface area (Å²) in [4.78, 5) is 0. The standard InChI is InChI=1S/C16H25NO/c1-12-11-15(13(2)18-12)16(17-3)14-9-7-5-4-6-8-10-14/h9,11,16-17H,4-8,10H2,1-3H3/b14-9+. The van der Waals surface area contributed by atoms with E-state index in [4.69, 9.17) is 4.42 Å². The van der Waals surface area contributed by atoms with Crippen LogP contribution in [0, 0.1) is 13.8 Å². The lowest BCUT2D eigenvalue weighted by atomic mass is 9.91. The second-order valence-electron chi connectivity index (χ2n) is 5.32. The first-order valence-electron chi connectivity index (χ1n) is 7.15. The summed E-state index contributed by atoms with van der Waals surface area (Å²) in [5.41, 5.74) is 2.85. The number of likely N-dealkylation sites (N-methyl/N-ethyl adjacent to an activating group) is 1. The largest absolute Gasteiger partial charge is 0.466 e. The van der Waals surface area contributed by atoms with Crippen molar-refractivity contribution in [3.63, 3.8) is 0 Å². The van der Waals surface area contributed by atoms with Gasteiger partial charge in [0, 0.05) is 5.56 Å². The molecule has 0 fully saturated rings. The summed E-state index contributed by atoms with van der Waals surface area (Å²) in [6.45, 7) is 4.09. The van der Waals surface area contributed by atoms with Gasteiger partial charge in [-0.3, -0.25) is 0 Å². The van der Waals surface area contributed by atoms with Gasteiger partial charge in [0.05, 0.1) is 6.04 Å². The fraction of sp³-hybridized carbons (Fsp3) is 0.625. The van der Waals surface area contributed by atoms with E-state index in [9.17, 15) is 0 Å². The van der Waals surface area contributed by atoms with Crippen LogP contribution in [-0.4, -0.2) is 7.05 Å². The molecule has 0 amide bonds. The molecule has 0 aliphatic heterocycles. The lowest BCUT2D eigenvalue weighted by Gasteiger charge is -2.21. The van der Waals surface area contributed by atoms with Gasteiger partial charge in [-0.2, -0.15) is 0 Å². The molecule has 1 aliphatic carbocycles. The molecule has 2 heteroatoms. The van der Waals surface area contributed by atoms with Crippen molar-refractivity contribution in [1.82, 2.24) is 5.32 Å². The third-order valence-electron chi connectivity index (χ3n) is 3.88. The van der Waals surface area contributed by atoms with Crippen LogP contribution < -0.4 is 5.32 Å². The Bertz CT molecular complexity index is 417. The van der Waals surface area contributed by atoms with Gasteiger partial charge in [0.2, 0.25) is 0 Å². The van der Waals surface area contributed by atoms with Gasteiger partial charge in [0.15, 0.2) is 0 Å². The van der Waals surface area contributed by atoms with Crippen LogP contribution in [0.4, 0.5) is 0 Å². The van der Waals surface area contributed by atoms with Crippen molar-refractivity contribution in [2.75, 3.05) is 7.05 Å². The third kappa shape index (κ3) is 3.05. The molecule has 1 unspecified atom stereocenters. The van der Waals surface area contributed by atoms with Crippen molar-refractivity contribution < 1.29 is 4.42 Å². The van der Waals surface area contributed by atoms with Gasteiger partial charge in [-0.05, 0) is 52.6 Å². The number of furan rings is 1. The van der Waals surface area contributed by atoms with E-state index < -0.39 is 0 Å². The third-order valence-corrected chi connectivity index (χ3v) is 3.88. The Labute approximate surface area is 110 Å². The van der Waals surface area contributed by atoms with E-state index in [0.717, 1.165) is 11.5 Å². The van der Waals surface area contributed by atoms with E-state index in [1.807, 2.05) is 14.0 Å². The first kappa shape index (κ1) is 13.4. The van der Waals surface area contributed by atoms with Crippen LogP contribution in [0.2, 0.25) is 0 Å². The van der Waals surface area contributed by atoms with E-state index in [-0.39, 0.29) is 0 Å². The van der Waals surface area contributed by atoms with Gasteiger partial charge in [-0.15, -0.1) is 0 Å². The summed E-state index contributed by atoms with van der Waals surface area (Å²) in [5, 5.41) is 3.46. The van der Waals surface area contributed by atoms with Crippen molar-refractivity contribution in [3.05, 3.63) is 34.8 Å². The quantitative estimate of drug-likeness (QED) is 0.799. The highest BCUT2D eigenvalue weighted by Gasteiger charge is 2.19. The molecule has 1 aromatic heterocycles. The molecular weight excluding hydrogens is 222 g/mol. The molecule has 0 bridgehead atoms. The van der Waals surface area contributed by atoms with Gasteiger partial charge in [0.1, 0.15) is 11.5 Å². The van der Waals surface area contributed by atoms with Crippen LogP contribution in [0.25, 0.3) is 0 Å². The molecule has 1 aliphatic rings. The van der Waals surface area contributed by atoms with Gasteiger partial charge in [0.25, 0.3) is 0 Å². The van der Waals surface area contributed by atoms with Crippen LogP contribution in [0.1, 0.15) is 61.7 Å². The molecule has 0 aromatic carbocycles. The maximum absolute atomic E-state index is 5.68. The van der Waals surface area contributed by atoms with Crippen molar-refractivity contribution >= 4 is 0 Å². The Morgan fingerprint density at radius 3 is 2.61 bits per heavy atom. The molecule has 1 N–H and O–H groups in total. The summed E-state index contributed by atoms with van der Waals surface area (Å²) < 4.78 is 5.68. The van der Waals surface area contributed by atoms with Crippen LogP contribution in [-0.2, 0) is 0 Å². The number of hydrogen-bond donors (Lipinski definition) is 1. The molecule has 2 rings (SSSR count). The fourth-order valence-corrected chi connectivity index (χ4v) is 2.96. The molecule has 18 heavy (non-hydrogen) atoms. The maximum Gasteiger partial charge on any atom is 0.106 e. The number of rotatable bonds is 3. The minimum atomic E-state index is 0.334. The smallest absolute Gasteiger partial charge is 0.106 e. The molecular formula is C16H25NO. The molecule has 100 valence electrons. The molecule has 2 nitrogen and oxygen atoms in total. The molecule has 1 atom stereocenters. The van der Waals surface area contributed by atoms with E-state index in [1.54, 1.807) is 5.57 Å². The Morgan fingerprint density at radius 1 is 1.17 bits per heavy atom. The van der Waals surface area contributed by atoms with Crippen molar-refractivity contribution in [2.45, 2.75) is 58.4 Å². The van der Waals surface area contributed by atoms with E-state index in [0.29, 0.717) is 6.04 Å². The summed E-state index contributed by atoms with van der Waals surface area (Å²) in [6.07, 6.45) is 10.3. The Hall–Kier alpha value is -1.02. The van der Waals surface area contributed by atoms with Crippen molar-refractivity contribution in [2.24, 2.45) is 0 Å². The average Bonchev–Trinajstić information content (AvgIpc) is 2.62. The maximum atomic E-state index is 5.68. The van der Waals surface area contributed by atoms with E-state index >= 15 is 0 Å². The molecule has 0 spiro atoms. The van der Waals surface area contributed by atoms with E-state index in [1.165, 1.54) is 44.1 Å². The number of hydrogen-bond acceptors (Lipinski definition) is 2. The van der Waals surface area contributed by atoms with Crippen LogP contribution in [0.3, 0.4) is 0 Å². The molecule has 0 saturated heterocycles. The summed E-state index contributed by atoms with van der Waals surface area (Å²) in [5.74, 6) is 2.06. The lowest BCUT2D eigenvalue weighted by Crippen LogP contribution is -2.19. The minimum absolute atomic E-state index is 0.334. The van der Waals surface area contributed by atoms with Gasteiger partial charge < -0.3 is 9.73 Å². The van der Waals surface area contributed by atoms with Crippen molar-refractivity contribution in [1.29, 1.82) is 0 Å². The highest BCUT2D eigenvalue weighted by atomic mass is 16.3. The van der Waals surface area contributed by atoms with E-state index in [2.05, 4.69) is 24.4 Å².